The molecule has 112 valence electrons. The van der Waals surface area contributed by atoms with E-state index in [-0.39, 0.29) is 12.5 Å². The number of anilines is 1. The first-order valence-corrected chi connectivity index (χ1v) is 6.93. The standard InChI is InChI=1S/C16H21N3O2/c1-3-12-6-4-7-13(10-12)19-15(17)18-11-16(2,20)14-8-5-9-21-14/h4-10,20H,3,11H2,1-2H3,(H3,17,18,19). The van der Waals surface area contributed by atoms with E-state index in [1.54, 1.807) is 19.1 Å². The van der Waals surface area contributed by atoms with Gasteiger partial charge in [-0.3, -0.25) is 0 Å². The third-order valence-electron chi connectivity index (χ3n) is 3.22. The fourth-order valence-corrected chi connectivity index (χ4v) is 1.96. The number of rotatable bonds is 5. The van der Waals surface area contributed by atoms with E-state index in [2.05, 4.69) is 23.3 Å². The Labute approximate surface area is 124 Å². The number of aliphatic imine (C=N–C) groups is 1. The maximum absolute atomic E-state index is 10.3. The predicted molar refractivity (Wildman–Crippen MR) is 84.2 cm³/mol. The van der Waals surface area contributed by atoms with Crippen LogP contribution >= 0.6 is 0 Å². The summed E-state index contributed by atoms with van der Waals surface area (Å²) in [6, 6.07) is 11.4. The number of hydrogen-bond donors (Lipinski definition) is 3. The monoisotopic (exact) mass is 287 g/mol. The van der Waals surface area contributed by atoms with E-state index in [0.29, 0.717) is 5.76 Å². The summed E-state index contributed by atoms with van der Waals surface area (Å²) < 4.78 is 5.20. The Morgan fingerprint density at radius 2 is 2.19 bits per heavy atom. The highest BCUT2D eigenvalue weighted by Crippen LogP contribution is 2.21. The van der Waals surface area contributed by atoms with Gasteiger partial charge in [-0.2, -0.15) is 0 Å². The minimum atomic E-state index is -1.18. The van der Waals surface area contributed by atoms with E-state index < -0.39 is 5.60 Å². The van der Waals surface area contributed by atoms with Crippen molar-refractivity contribution in [3.63, 3.8) is 0 Å². The van der Waals surface area contributed by atoms with Crippen LogP contribution in [0.4, 0.5) is 5.69 Å². The third-order valence-corrected chi connectivity index (χ3v) is 3.22. The highest BCUT2D eigenvalue weighted by Gasteiger charge is 2.25. The first-order valence-electron chi connectivity index (χ1n) is 6.93. The van der Waals surface area contributed by atoms with Crippen molar-refractivity contribution in [2.24, 2.45) is 10.7 Å². The van der Waals surface area contributed by atoms with Gasteiger partial charge in [-0.1, -0.05) is 19.1 Å². The van der Waals surface area contributed by atoms with Gasteiger partial charge < -0.3 is 20.6 Å². The molecule has 1 atom stereocenters. The van der Waals surface area contributed by atoms with Crippen molar-refractivity contribution < 1.29 is 9.52 Å². The van der Waals surface area contributed by atoms with Gasteiger partial charge in [0.05, 0.1) is 12.8 Å². The molecule has 1 unspecified atom stereocenters. The Morgan fingerprint density at radius 1 is 1.38 bits per heavy atom. The first-order chi connectivity index (χ1) is 10.0. The second kappa shape index (κ2) is 6.45. The number of furan rings is 1. The van der Waals surface area contributed by atoms with E-state index in [4.69, 9.17) is 10.2 Å². The van der Waals surface area contributed by atoms with Crippen LogP contribution in [0.5, 0.6) is 0 Å². The van der Waals surface area contributed by atoms with Gasteiger partial charge in [0.2, 0.25) is 0 Å². The molecular weight excluding hydrogens is 266 g/mol. The maximum Gasteiger partial charge on any atom is 0.193 e. The van der Waals surface area contributed by atoms with Crippen LogP contribution in [-0.4, -0.2) is 17.6 Å². The lowest BCUT2D eigenvalue weighted by Gasteiger charge is -2.18. The number of hydrogen-bond acceptors (Lipinski definition) is 3. The molecule has 4 N–H and O–H groups in total. The molecule has 2 rings (SSSR count). The molecule has 5 heteroatoms. The van der Waals surface area contributed by atoms with Crippen molar-refractivity contribution in [1.82, 2.24) is 0 Å². The van der Waals surface area contributed by atoms with Crippen LogP contribution in [0.3, 0.4) is 0 Å². The predicted octanol–water partition coefficient (Wildman–Crippen LogP) is 2.48. The van der Waals surface area contributed by atoms with Crippen LogP contribution in [0.1, 0.15) is 25.2 Å². The molecule has 2 aromatic rings. The van der Waals surface area contributed by atoms with Gasteiger partial charge >= 0.3 is 0 Å². The first kappa shape index (κ1) is 15.1. The lowest BCUT2D eigenvalue weighted by Crippen LogP contribution is -2.29. The summed E-state index contributed by atoms with van der Waals surface area (Å²) in [4.78, 5) is 4.18. The van der Waals surface area contributed by atoms with Crippen LogP contribution in [-0.2, 0) is 12.0 Å². The molecule has 5 nitrogen and oxygen atoms in total. The second-order valence-electron chi connectivity index (χ2n) is 5.13. The van der Waals surface area contributed by atoms with Crippen LogP contribution < -0.4 is 11.1 Å². The number of aryl methyl sites for hydroxylation is 1. The molecule has 1 aromatic carbocycles. The van der Waals surface area contributed by atoms with Gasteiger partial charge in [0, 0.05) is 5.69 Å². The zero-order chi connectivity index (χ0) is 15.3. The summed E-state index contributed by atoms with van der Waals surface area (Å²) in [5.41, 5.74) is 6.78. The number of nitrogens with two attached hydrogens (primary N) is 1. The van der Waals surface area contributed by atoms with Gasteiger partial charge in [0.1, 0.15) is 11.4 Å². The van der Waals surface area contributed by atoms with Gasteiger partial charge in [-0.15, -0.1) is 0 Å². The lowest BCUT2D eigenvalue weighted by molar-refractivity contribution is 0.0438. The fourth-order valence-electron chi connectivity index (χ4n) is 1.96. The Morgan fingerprint density at radius 3 is 2.86 bits per heavy atom. The van der Waals surface area contributed by atoms with E-state index in [9.17, 15) is 5.11 Å². The number of aliphatic hydroxyl groups is 1. The molecule has 0 aliphatic carbocycles. The third kappa shape index (κ3) is 4.10. The Bertz CT molecular complexity index is 604. The van der Waals surface area contributed by atoms with E-state index in [1.165, 1.54) is 11.8 Å². The average molecular weight is 287 g/mol. The van der Waals surface area contributed by atoms with Crippen LogP contribution in [0, 0.1) is 0 Å². The molecule has 0 spiro atoms. The van der Waals surface area contributed by atoms with Crippen molar-refractivity contribution in [3.8, 4) is 0 Å². The van der Waals surface area contributed by atoms with Crippen molar-refractivity contribution in [3.05, 3.63) is 54.0 Å². The molecule has 0 aliphatic rings. The van der Waals surface area contributed by atoms with E-state index >= 15 is 0 Å². The highest BCUT2D eigenvalue weighted by atomic mass is 16.4. The highest BCUT2D eigenvalue weighted by molar-refractivity contribution is 5.92. The largest absolute Gasteiger partial charge is 0.466 e. The summed E-state index contributed by atoms with van der Waals surface area (Å²) in [5.74, 6) is 0.724. The maximum atomic E-state index is 10.3. The van der Waals surface area contributed by atoms with E-state index in [1.807, 2.05) is 18.2 Å². The molecule has 0 bridgehead atoms. The van der Waals surface area contributed by atoms with Gasteiger partial charge in [0.25, 0.3) is 0 Å². The molecule has 0 saturated heterocycles. The quantitative estimate of drug-likeness (QED) is 0.582. The molecule has 0 fully saturated rings. The number of nitrogens with one attached hydrogen (secondary N) is 1. The average Bonchev–Trinajstić information content (AvgIpc) is 3.00. The number of guanidine groups is 1. The van der Waals surface area contributed by atoms with Crippen LogP contribution in [0.2, 0.25) is 0 Å². The van der Waals surface area contributed by atoms with Gasteiger partial charge in [-0.05, 0) is 43.2 Å². The molecule has 0 aliphatic heterocycles. The summed E-state index contributed by atoms with van der Waals surface area (Å²) in [6.07, 6.45) is 2.48. The number of nitrogens with zero attached hydrogens (tertiary/aromatic N) is 1. The summed E-state index contributed by atoms with van der Waals surface area (Å²) in [6.45, 7) is 3.85. The normalized spacial score (nSPS) is 14.7. The zero-order valence-corrected chi connectivity index (χ0v) is 12.3. The minimum absolute atomic E-state index is 0.118. The van der Waals surface area contributed by atoms with Crippen molar-refractivity contribution in [2.75, 3.05) is 11.9 Å². The smallest absolute Gasteiger partial charge is 0.193 e. The topological polar surface area (TPSA) is 83.8 Å². The minimum Gasteiger partial charge on any atom is -0.466 e. The Balaban J connectivity index is 2.01. The second-order valence-corrected chi connectivity index (χ2v) is 5.13. The SMILES string of the molecule is CCc1cccc(NC(N)=NCC(C)(O)c2ccco2)c1. The van der Waals surface area contributed by atoms with Gasteiger partial charge in [0.15, 0.2) is 5.96 Å². The van der Waals surface area contributed by atoms with Crippen molar-refractivity contribution in [2.45, 2.75) is 25.9 Å². The van der Waals surface area contributed by atoms with Crippen LogP contribution in [0.15, 0.2) is 52.1 Å². The van der Waals surface area contributed by atoms with E-state index in [0.717, 1.165) is 12.1 Å². The molecule has 0 radical (unpaired) electrons. The molecule has 1 aromatic heterocycles. The number of benzene rings is 1. The molecule has 0 amide bonds. The van der Waals surface area contributed by atoms with Gasteiger partial charge in [-0.25, -0.2) is 4.99 Å². The summed E-state index contributed by atoms with van der Waals surface area (Å²) in [5, 5.41) is 13.3. The Kier molecular flexibility index (Phi) is 4.65. The zero-order valence-electron chi connectivity index (χ0n) is 12.3. The summed E-state index contributed by atoms with van der Waals surface area (Å²) in [7, 11) is 0. The summed E-state index contributed by atoms with van der Waals surface area (Å²) >= 11 is 0. The molecule has 1 heterocycles. The van der Waals surface area contributed by atoms with Crippen molar-refractivity contribution in [1.29, 1.82) is 0 Å². The Hall–Kier alpha value is -2.27. The van der Waals surface area contributed by atoms with Crippen molar-refractivity contribution >= 4 is 11.6 Å². The fraction of sp³-hybridized carbons (Fsp3) is 0.312. The molecular formula is C16H21N3O2. The lowest BCUT2D eigenvalue weighted by atomic mass is 10.0. The van der Waals surface area contributed by atoms with Crippen LogP contribution in [0.25, 0.3) is 0 Å². The molecule has 0 saturated carbocycles. The molecule has 21 heavy (non-hydrogen) atoms.